The summed E-state index contributed by atoms with van der Waals surface area (Å²) in [6, 6.07) is 8.64. The number of benzene rings is 1. The first-order chi connectivity index (χ1) is 19.6. The van der Waals surface area contributed by atoms with Gasteiger partial charge in [0, 0.05) is 49.2 Å². The Labute approximate surface area is 263 Å². The standard InChI is InChI=1S/C32H45N5O3.2ClH/c1-4-5-11-30-28(21-32(35-34-30)40-27-14-16-36(2)17-15-27)24-12-13-31(39-26-9-7-6-8-10-26)29(20-24)25-22-33-37(23-25)18-19-38-3;;/h12-13,20-23,26-27H,4-11,14-19H2,1-3H3;2*1H. The molecule has 1 saturated carbocycles. The lowest BCUT2D eigenvalue weighted by molar-refractivity contribution is 0.109. The monoisotopic (exact) mass is 619 g/mol. The lowest BCUT2D eigenvalue weighted by atomic mass is 9.96. The van der Waals surface area contributed by atoms with Crippen LogP contribution in [-0.4, -0.2) is 70.9 Å². The maximum Gasteiger partial charge on any atom is 0.234 e. The fourth-order valence-corrected chi connectivity index (χ4v) is 5.71. The van der Waals surface area contributed by atoms with Crippen molar-refractivity contribution in [1.82, 2.24) is 24.9 Å². The number of ether oxygens (including phenoxy) is 3. The Balaban J connectivity index is 0.00000242. The van der Waals surface area contributed by atoms with E-state index >= 15 is 0 Å². The summed E-state index contributed by atoms with van der Waals surface area (Å²) >= 11 is 0. The van der Waals surface area contributed by atoms with Crippen LogP contribution in [0.25, 0.3) is 22.3 Å². The van der Waals surface area contributed by atoms with Crippen LogP contribution in [0.2, 0.25) is 0 Å². The maximum absolute atomic E-state index is 6.63. The normalized spacial score (nSPS) is 16.5. The third kappa shape index (κ3) is 9.06. The van der Waals surface area contributed by atoms with Gasteiger partial charge in [0.1, 0.15) is 11.9 Å². The first kappa shape index (κ1) is 34.1. The zero-order valence-corrected chi connectivity index (χ0v) is 26.9. The number of rotatable bonds is 12. The van der Waals surface area contributed by atoms with E-state index in [2.05, 4.69) is 64.6 Å². The molecular formula is C32H47Cl2N5O3. The first-order valence-corrected chi connectivity index (χ1v) is 15.2. The summed E-state index contributed by atoms with van der Waals surface area (Å²) in [7, 11) is 3.88. The summed E-state index contributed by atoms with van der Waals surface area (Å²) in [6.45, 7) is 5.63. The average Bonchev–Trinajstić information content (AvgIpc) is 3.46. The zero-order valence-electron chi connectivity index (χ0n) is 25.3. The highest BCUT2D eigenvalue weighted by molar-refractivity contribution is 5.85. The summed E-state index contributed by atoms with van der Waals surface area (Å²) in [5, 5.41) is 13.8. The van der Waals surface area contributed by atoms with E-state index in [1.165, 1.54) is 19.3 Å². The van der Waals surface area contributed by atoms with E-state index in [-0.39, 0.29) is 37.0 Å². The minimum atomic E-state index is 0. The van der Waals surface area contributed by atoms with Crippen molar-refractivity contribution in [2.45, 2.75) is 89.9 Å². The van der Waals surface area contributed by atoms with E-state index in [4.69, 9.17) is 14.2 Å². The van der Waals surface area contributed by atoms with Gasteiger partial charge in [0.05, 0.1) is 31.1 Å². The molecule has 5 rings (SSSR count). The molecule has 1 aromatic carbocycles. The smallest absolute Gasteiger partial charge is 0.234 e. The zero-order chi connectivity index (χ0) is 27.7. The lowest BCUT2D eigenvalue weighted by Crippen LogP contribution is -2.35. The second kappa shape index (κ2) is 17.0. The molecule has 10 heteroatoms. The molecule has 1 aliphatic heterocycles. The van der Waals surface area contributed by atoms with Crippen LogP contribution in [0.1, 0.15) is 70.4 Å². The molecular weight excluding hydrogens is 573 g/mol. The van der Waals surface area contributed by atoms with Crippen LogP contribution in [0.5, 0.6) is 11.6 Å². The molecule has 0 bridgehead atoms. The number of hydrogen-bond donors (Lipinski definition) is 0. The highest BCUT2D eigenvalue weighted by atomic mass is 35.5. The number of unbranched alkanes of at least 4 members (excludes halogenated alkanes) is 1. The summed E-state index contributed by atoms with van der Waals surface area (Å²) < 4.78 is 20.2. The summed E-state index contributed by atoms with van der Waals surface area (Å²) in [6.07, 6.45) is 15.5. The molecule has 3 heterocycles. The van der Waals surface area contributed by atoms with Crippen molar-refractivity contribution in [2.75, 3.05) is 33.9 Å². The predicted molar refractivity (Wildman–Crippen MR) is 172 cm³/mol. The van der Waals surface area contributed by atoms with Gasteiger partial charge in [0.2, 0.25) is 5.88 Å². The van der Waals surface area contributed by atoms with Crippen LogP contribution in [0, 0.1) is 0 Å². The molecule has 1 aliphatic carbocycles. The van der Waals surface area contributed by atoms with Gasteiger partial charge in [0.15, 0.2) is 0 Å². The topological polar surface area (TPSA) is 74.5 Å². The quantitative estimate of drug-likeness (QED) is 0.215. The van der Waals surface area contributed by atoms with E-state index in [1.807, 2.05) is 10.9 Å². The Morgan fingerprint density at radius 2 is 1.64 bits per heavy atom. The molecule has 8 nitrogen and oxygen atoms in total. The van der Waals surface area contributed by atoms with Crippen molar-refractivity contribution in [2.24, 2.45) is 0 Å². The molecule has 42 heavy (non-hydrogen) atoms. The predicted octanol–water partition coefficient (Wildman–Crippen LogP) is 7.02. The molecule has 0 unspecified atom stereocenters. The largest absolute Gasteiger partial charge is 0.490 e. The highest BCUT2D eigenvalue weighted by Gasteiger charge is 2.22. The van der Waals surface area contributed by atoms with Crippen molar-refractivity contribution in [3.05, 3.63) is 42.4 Å². The van der Waals surface area contributed by atoms with Gasteiger partial charge in [-0.2, -0.15) is 10.2 Å². The van der Waals surface area contributed by atoms with Gasteiger partial charge in [-0.3, -0.25) is 4.68 Å². The number of halogens is 2. The second-order valence-corrected chi connectivity index (χ2v) is 11.3. The number of likely N-dealkylation sites (tertiary alicyclic amines) is 1. The van der Waals surface area contributed by atoms with Gasteiger partial charge in [-0.1, -0.05) is 25.8 Å². The summed E-state index contributed by atoms with van der Waals surface area (Å²) in [5.74, 6) is 1.53. The molecule has 0 spiro atoms. The van der Waals surface area contributed by atoms with Crippen LogP contribution in [-0.2, 0) is 17.7 Å². The van der Waals surface area contributed by atoms with Crippen molar-refractivity contribution < 1.29 is 14.2 Å². The highest BCUT2D eigenvalue weighted by Crippen LogP contribution is 2.38. The van der Waals surface area contributed by atoms with Gasteiger partial charge >= 0.3 is 0 Å². The van der Waals surface area contributed by atoms with Gasteiger partial charge in [-0.25, -0.2) is 0 Å². The average molecular weight is 621 g/mol. The molecule has 0 radical (unpaired) electrons. The Kier molecular flexibility index (Phi) is 13.8. The number of hydrogen-bond acceptors (Lipinski definition) is 7. The van der Waals surface area contributed by atoms with Gasteiger partial charge in [0.25, 0.3) is 0 Å². The molecule has 0 amide bonds. The van der Waals surface area contributed by atoms with Crippen molar-refractivity contribution in [3.8, 4) is 33.9 Å². The molecule has 2 aromatic heterocycles. The van der Waals surface area contributed by atoms with Gasteiger partial charge in [-0.15, -0.1) is 29.9 Å². The summed E-state index contributed by atoms with van der Waals surface area (Å²) in [5.41, 5.74) is 5.31. The Morgan fingerprint density at radius 3 is 2.38 bits per heavy atom. The molecule has 2 aliphatic rings. The molecule has 0 atom stereocenters. The fraction of sp³-hybridized carbons (Fsp3) is 0.594. The van der Waals surface area contributed by atoms with Gasteiger partial charge < -0.3 is 19.1 Å². The van der Waals surface area contributed by atoms with E-state index in [1.54, 1.807) is 7.11 Å². The maximum atomic E-state index is 6.63. The Bertz CT molecular complexity index is 1230. The van der Waals surface area contributed by atoms with Crippen molar-refractivity contribution in [1.29, 1.82) is 0 Å². The lowest BCUT2D eigenvalue weighted by Gasteiger charge is -2.29. The molecule has 0 N–H and O–H groups in total. The van der Waals surface area contributed by atoms with Crippen LogP contribution in [0.3, 0.4) is 0 Å². The van der Waals surface area contributed by atoms with Crippen molar-refractivity contribution in [3.63, 3.8) is 0 Å². The van der Waals surface area contributed by atoms with Crippen LogP contribution in [0.15, 0.2) is 36.7 Å². The van der Waals surface area contributed by atoms with Crippen LogP contribution in [0.4, 0.5) is 0 Å². The number of methoxy groups -OCH3 is 1. The molecule has 232 valence electrons. The minimum absolute atomic E-state index is 0. The van der Waals surface area contributed by atoms with Crippen LogP contribution < -0.4 is 9.47 Å². The number of aromatic nitrogens is 4. The van der Waals surface area contributed by atoms with Crippen molar-refractivity contribution >= 4 is 24.8 Å². The number of piperidine rings is 1. The van der Waals surface area contributed by atoms with E-state index in [0.717, 1.165) is 91.7 Å². The Hall–Kier alpha value is -2.39. The van der Waals surface area contributed by atoms with Crippen LogP contribution >= 0.6 is 24.8 Å². The molecule has 2 fully saturated rings. The minimum Gasteiger partial charge on any atom is -0.490 e. The summed E-state index contributed by atoms with van der Waals surface area (Å²) in [4.78, 5) is 2.35. The first-order valence-electron chi connectivity index (χ1n) is 15.2. The fourth-order valence-electron chi connectivity index (χ4n) is 5.71. The van der Waals surface area contributed by atoms with E-state index in [0.29, 0.717) is 19.0 Å². The number of nitrogens with zero attached hydrogens (tertiary/aromatic N) is 5. The molecule has 3 aromatic rings. The SMILES string of the molecule is CCCCc1nnc(OC2CCN(C)CC2)cc1-c1ccc(OC2CCCCC2)c(-c2cnn(CCOC)c2)c1.Cl.Cl. The number of aryl methyl sites for hydroxylation is 1. The third-order valence-electron chi connectivity index (χ3n) is 8.17. The van der Waals surface area contributed by atoms with Gasteiger partial charge in [-0.05, 0) is 76.1 Å². The van der Waals surface area contributed by atoms with E-state index < -0.39 is 0 Å². The van der Waals surface area contributed by atoms with E-state index in [9.17, 15) is 0 Å². The Morgan fingerprint density at radius 1 is 0.881 bits per heavy atom. The molecule has 1 saturated heterocycles. The third-order valence-corrected chi connectivity index (χ3v) is 8.17. The second-order valence-electron chi connectivity index (χ2n) is 11.3.